The zero-order valence-corrected chi connectivity index (χ0v) is 14.4. The fourth-order valence-corrected chi connectivity index (χ4v) is 3.01. The number of amides is 1. The molecular formula is C18H21NO3S. The summed E-state index contributed by atoms with van der Waals surface area (Å²) >= 11 is 1.50. The van der Waals surface area contributed by atoms with Crippen molar-refractivity contribution in [3.8, 4) is 11.5 Å². The average molecular weight is 331 g/mol. The molecule has 0 bridgehead atoms. The van der Waals surface area contributed by atoms with E-state index in [9.17, 15) is 4.79 Å². The van der Waals surface area contributed by atoms with Crippen molar-refractivity contribution in [3.05, 3.63) is 54.1 Å². The van der Waals surface area contributed by atoms with Gasteiger partial charge in [-0.1, -0.05) is 24.3 Å². The van der Waals surface area contributed by atoms with Crippen molar-refractivity contribution in [2.75, 3.05) is 27.0 Å². The third-order valence-electron chi connectivity index (χ3n) is 3.43. The van der Waals surface area contributed by atoms with Gasteiger partial charge >= 0.3 is 0 Å². The lowest BCUT2D eigenvalue weighted by atomic mass is 10.2. The molecule has 0 atom stereocenters. The Hall–Kier alpha value is -2.14. The van der Waals surface area contributed by atoms with E-state index in [-0.39, 0.29) is 5.91 Å². The second-order valence-corrected chi connectivity index (χ2v) is 6.08. The topological polar surface area (TPSA) is 38.8 Å². The SMILES string of the molecule is COc1cccc(SCC(=O)N(C)Cc2ccccc2OC)c1. The Balaban J connectivity index is 1.92. The van der Waals surface area contributed by atoms with E-state index >= 15 is 0 Å². The number of nitrogens with zero attached hydrogens (tertiary/aromatic N) is 1. The number of benzene rings is 2. The molecule has 4 nitrogen and oxygen atoms in total. The molecule has 0 aliphatic carbocycles. The van der Waals surface area contributed by atoms with Gasteiger partial charge in [0, 0.05) is 24.1 Å². The van der Waals surface area contributed by atoms with Crippen LogP contribution in [0, 0.1) is 0 Å². The number of thioether (sulfide) groups is 1. The van der Waals surface area contributed by atoms with Crippen LogP contribution in [0.3, 0.4) is 0 Å². The maximum Gasteiger partial charge on any atom is 0.232 e. The summed E-state index contributed by atoms with van der Waals surface area (Å²) in [7, 11) is 5.08. The number of hydrogen-bond donors (Lipinski definition) is 0. The lowest BCUT2D eigenvalue weighted by molar-refractivity contribution is -0.127. The van der Waals surface area contributed by atoms with E-state index in [1.807, 2.05) is 48.5 Å². The maximum atomic E-state index is 12.3. The molecule has 0 aliphatic heterocycles. The molecule has 23 heavy (non-hydrogen) atoms. The zero-order valence-electron chi connectivity index (χ0n) is 13.6. The number of carbonyl (C=O) groups is 1. The molecule has 2 aromatic carbocycles. The summed E-state index contributed by atoms with van der Waals surface area (Å²) in [6.45, 7) is 0.529. The third kappa shape index (κ3) is 4.93. The van der Waals surface area contributed by atoms with Crippen LogP contribution in [0.5, 0.6) is 11.5 Å². The highest BCUT2D eigenvalue weighted by Gasteiger charge is 2.12. The summed E-state index contributed by atoms with van der Waals surface area (Å²) in [5, 5.41) is 0. The highest BCUT2D eigenvalue weighted by molar-refractivity contribution is 8.00. The van der Waals surface area contributed by atoms with E-state index < -0.39 is 0 Å². The van der Waals surface area contributed by atoms with Crippen LogP contribution in [-0.2, 0) is 11.3 Å². The van der Waals surface area contributed by atoms with Gasteiger partial charge in [-0.3, -0.25) is 4.79 Å². The number of ether oxygens (including phenoxy) is 2. The summed E-state index contributed by atoms with van der Waals surface area (Å²) in [5.41, 5.74) is 0.997. The van der Waals surface area contributed by atoms with Gasteiger partial charge in [-0.05, 0) is 24.3 Å². The molecule has 0 radical (unpaired) electrons. The Morgan fingerprint density at radius 1 is 1.09 bits per heavy atom. The molecule has 2 aromatic rings. The minimum Gasteiger partial charge on any atom is -0.497 e. The number of para-hydroxylation sites is 1. The van der Waals surface area contributed by atoms with Gasteiger partial charge in [-0.25, -0.2) is 0 Å². The van der Waals surface area contributed by atoms with Gasteiger partial charge in [0.25, 0.3) is 0 Å². The highest BCUT2D eigenvalue weighted by atomic mass is 32.2. The van der Waals surface area contributed by atoms with Gasteiger partial charge in [0.2, 0.25) is 5.91 Å². The first-order valence-electron chi connectivity index (χ1n) is 7.26. The van der Waals surface area contributed by atoms with E-state index in [0.717, 1.165) is 22.0 Å². The second kappa shape index (κ2) is 8.48. The van der Waals surface area contributed by atoms with Crippen molar-refractivity contribution < 1.29 is 14.3 Å². The first-order chi connectivity index (χ1) is 11.1. The van der Waals surface area contributed by atoms with Gasteiger partial charge in [0.15, 0.2) is 0 Å². The van der Waals surface area contributed by atoms with Gasteiger partial charge in [0.05, 0.1) is 20.0 Å². The van der Waals surface area contributed by atoms with Gasteiger partial charge in [0.1, 0.15) is 11.5 Å². The van der Waals surface area contributed by atoms with Crippen LogP contribution in [0.25, 0.3) is 0 Å². The summed E-state index contributed by atoms with van der Waals surface area (Å²) < 4.78 is 10.5. The van der Waals surface area contributed by atoms with Crippen molar-refractivity contribution in [2.24, 2.45) is 0 Å². The van der Waals surface area contributed by atoms with Crippen LogP contribution >= 0.6 is 11.8 Å². The van der Waals surface area contributed by atoms with Crippen LogP contribution in [0.1, 0.15) is 5.56 Å². The predicted octanol–water partition coefficient (Wildman–Crippen LogP) is 3.45. The minimum atomic E-state index is 0.0729. The number of carbonyl (C=O) groups excluding carboxylic acids is 1. The van der Waals surface area contributed by atoms with Crippen molar-refractivity contribution in [3.63, 3.8) is 0 Å². The lowest BCUT2D eigenvalue weighted by Crippen LogP contribution is -2.27. The van der Waals surface area contributed by atoms with Crippen molar-refractivity contribution >= 4 is 17.7 Å². The van der Waals surface area contributed by atoms with Crippen LogP contribution in [0.15, 0.2) is 53.4 Å². The number of methoxy groups -OCH3 is 2. The zero-order chi connectivity index (χ0) is 16.7. The first-order valence-corrected chi connectivity index (χ1v) is 8.25. The maximum absolute atomic E-state index is 12.3. The van der Waals surface area contributed by atoms with E-state index in [4.69, 9.17) is 9.47 Å². The first kappa shape index (κ1) is 17.2. The Labute approximate surface area is 141 Å². The molecule has 2 rings (SSSR count). The number of hydrogen-bond acceptors (Lipinski definition) is 4. The molecule has 0 aromatic heterocycles. The molecule has 0 heterocycles. The summed E-state index contributed by atoms with van der Waals surface area (Å²) in [4.78, 5) is 15.0. The monoisotopic (exact) mass is 331 g/mol. The smallest absolute Gasteiger partial charge is 0.232 e. The van der Waals surface area contributed by atoms with E-state index in [1.54, 1.807) is 26.2 Å². The fraction of sp³-hybridized carbons (Fsp3) is 0.278. The Bertz CT molecular complexity index is 660. The van der Waals surface area contributed by atoms with Crippen LogP contribution in [0.2, 0.25) is 0 Å². The van der Waals surface area contributed by atoms with E-state index in [2.05, 4.69) is 0 Å². The van der Waals surface area contributed by atoms with Crippen LogP contribution < -0.4 is 9.47 Å². The molecule has 0 saturated carbocycles. The molecule has 0 spiro atoms. The van der Waals surface area contributed by atoms with E-state index in [0.29, 0.717) is 12.3 Å². The summed E-state index contributed by atoms with van der Waals surface area (Å²) in [5.74, 6) is 2.06. The fourth-order valence-electron chi connectivity index (χ4n) is 2.12. The Morgan fingerprint density at radius 2 is 1.87 bits per heavy atom. The Kier molecular flexibility index (Phi) is 6.35. The van der Waals surface area contributed by atoms with Crippen molar-refractivity contribution in [1.29, 1.82) is 0 Å². The molecular weight excluding hydrogens is 310 g/mol. The lowest BCUT2D eigenvalue weighted by Gasteiger charge is -2.18. The van der Waals surface area contributed by atoms with Gasteiger partial charge in [-0.15, -0.1) is 11.8 Å². The van der Waals surface area contributed by atoms with E-state index in [1.165, 1.54) is 11.8 Å². The molecule has 1 amide bonds. The minimum absolute atomic E-state index is 0.0729. The Morgan fingerprint density at radius 3 is 2.61 bits per heavy atom. The van der Waals surface area contributed by atoms with Gasteiger partial charge < -0.3 is 14.4 Å². The second-order valence-electron chi connectivity index (χ2n) is 5.03. The molecule has 5 heteroatoms. The quantitative estimate of drug-likeness (QED) is 0.729. The molecule has 0 aliphatic rings. The highest BCUT2D eigenvalue weighted by Crippen LogP contribution is 2.24. The van der Waals surface area contributed by atoms with Crippen LogP contribution in [0.4, 0.5) is 0 Å². The van der Waals surface area contributed by atoms with Crippen molar-refractivity contribution in [2.45, 2.75) is 11.4 Å². The number of rotatable bonds is 7. The predicted molar refractivity (Wildman–Crippen MR) is 93.2 cm³/mol. The van der Waals surface area contributed by atoms with Crippen molar-refractivity contribution in [1.82, 2.24) is 4.90 Å². The van der Waals surface area contributed by atoms with Crippen LogP contribution in [-0.4, -0.2) is 37.8 Å². The molecule has 0 saturated heterocycles. The third-order valence-corrected chi connectivity index (χ3v) is 4.41. The molecule has 0 fully saturated rings. The molecule has 0 unspecified atom stereocenters. The average Bonchev–Trinajstić information content (AvgIpc) is 2.60. The standard InChI is InChI=1S/C18H21NO3S/c1-19(12-14-7-4-5-10-17(14)22-3)18(20)13-23-16-9-6-8-15(11-16)21-2/h4-11H,12-13H2,1-3H3. The largest absolute Gasteiger partial charge is 0.497 e. The normalized spacial score (nSPS) is 10.2. The summed E-state index contributed by atoms with van der Waals surface area (Å²) in [6.07, 6.45) is 0. The molecule has 0 N–H and O–H groups in total. The van der Waals surface area contributed by atoms with Gasteiger partial charge in [-0.2, -0.15) is 0 Å². The summed E-state index contributed by atoms with van der Waals surface area (Å²) in [6, 6.07) is 15.4. The molecule has 122 valence electrons.